The van der Waals surface area contributed by atoms with Gasteiger partial charge in [-0.05, 0) is 38.6 Å². The Morgan fingerprint density at radius 3 is 2.53 bits per heavy atom. The topological polar surface area (TPSA) is 67.1 Å². The van der Waals surface area contributed by atoms with Crippen molar-refractivity contribution < 1.29 is 0 Å². The monoisotopic (exact) mass is 263 g/mol. The van der Waals surface area contributed by atoms with Crippen LogP contribution in [-0.2, 0) is 6.54 Å². The van der Waals surface area contributed by atoms with Crippen LogP contribution in [0.15, 0.2) is 12.4 Å². The minimum Gasteiger partial charge on any atom is -0.307 e. The van der Waals surface area contributed by atoms with E-state index in [1.807, 2.05) is 0 Å². The summed E-state index contributed by atoms with van der Waals surface area (Å²) in [6.45, 7) is 3.16. The number of nitrogens with two attached hydrogens (primary N) is 1. The molecule has 0 amide bonds. The van der Waals surface area contributed by atoms with E-state index < -0.39 is 0 Å². The summed E-state index contributed by atoms with van der Waals surface area (Å²) in [5, 5.41) is 0. The molecule has 0 spiro atoms. The third-order valence-electron chi connectivity index (χ3n) is 4.28. The highest BCUT2D eigenvalue weighted by atomic mass is 15.3. The molecular formula is C14H25N5. The lowest BCUT2D eigenvalue weighted by molar-refractivity contribution is 0.156. The van der Waals surface area contributed by atoms with Gasteiger partial charge in [-0.25, -0.2) is 10.8 Å². The summed E-state index contributed by atoms with van der Waals surface area (Å²) >= 11 is 0. The van der Waals surface area contributed by atoms with Crippen LogP contribution < -0.4 is 11.3 Å². The average molecular weight is 263 g/mol. The Morgan fingerprint density at radius 1 is 1.26 bits per heavy atom. The van der Waals surface area contributed by atoms with E-state index in [0.717, 1.165) is 18.2 Å². The van der Waals surface area contributed by atoms with Gasteiger partial charge in [-0.1, -0.05) is 13.3 Å². The molecule has 0 aliphatic heterocycles. The molecule has 0 unspecified atom stereocenters. The average Bonchev–Trinajstić information content (AvgIpc) is 2.48. The summed E-state index contributed by atoms with van der Waals surface area (Å²) in [6, 6.07) is 0.692. The van der Waals surface area contributed by atoms with Gasteiger partial charge < -0.3 is 5.43 Å². The van der Waals surface area contributed by atoms with Crippen molar-refractivity contribution in [1.82, 2.24) is 14.9 Å². The van der Waals surface area contributed by atoms with Gasteiger partial charge in [0, 0.05) is 12.6 Å². The number of anilines is 1. The van der Waals surface area contributed by atoms with Crippen LogP contribution in [-0.4, -0.2) is 28.0 Å². The fraction of sp³-hybridized carbons (Fsp3) is 0.714. The number of hydrogen-bond donors (Lipinski definition) is 2. The lowest BCUT2D eigenvalue weighted by Gasteiger charge is -2.34. The molecule has 1 fully saturated rings. The van der Waals surface area contributed by atoms with Gasteiger partial charge in [-0.3, -0.25) is 9.88 Å². The molecule has 2 rings (SSSR count). The summed E-state index contributed by atoms with van der Waals surface area (Å²) in [4.78, 5) is 11.0. The van der Waals surface area contributed by atoms with Crippen molar-refractivity contribution in [2.75, 3.05) is 12.5 Å². The van der Waals surface area contributed by atoms with Crippen molar-refractivity contribution in [1.29, 1.82) is 0 Å². The number of nitrogen functional groups attached to an aromatic ring is 1. The van der Waals surface area contributed by atoms with E-state index in [4.69, 9.17) is 5.84 Å². The summed E-state index contributed by atoms with van der Waals surface area (Å²) in [5.74, 6) is 6.83. The Bertz CT molecular complexity index is 370. The molecule has 0 atom stereocenters. The smallest absolute Gasteiger partial charge is 0.158 e. The maximum Gasteiger partial charge on any atom is 0.158 e. The van der Waals surface area contributed by atoms with Crippen molar-refractivity contribution in [2.45, 2.75) is 51.6 Å². The van der Waals surface area contributed by atoms with E-state index in [0.29, 0.717) is 11.9 Å². The molecule has 0 aromatic carbocycles. The van der Waals surface area contributed by atoms with Gasteiger partial charge in [0.15, 0.2) is 5.82 Å². The molecule has 5 heteroatoms. The summed E-state index contributed by atoms with van der Waals surface area (Å²) < 4.78 is 0. The van der Waals surface area contributed by atoms with Crippen LogP contribution in [0.5, 0.6) is 0 Å². The van der Waals surface area contributed by atoms with Crippen LogP contribution in [0.1, 0.15) is 44.7 Å². The molecule has 19 heavy (non-hydrogen) atoms. The minimum absolute atomic E-state index is 0.606. The SMILES string of the molecule is CCC1CCC(N(C)Cc2cnc(NN)cn2)CC1. The molecule has 1 aliphatic carbocycles. The molecule has 1 aliphatic rings. The molecule has 0 bridgehead atoms. The van der Waals surface area contributed by atoms with Gasteiger partial charge in [0.2, 0.25) is 0 Å². The van der Waals surface area contributed by atoms with Crippen molar-refractivity contribution in [2.24, 2.45) is 11.8 Å². The number of aromatic nitrogens is 2. The first-order valence-electron chi connectivity index (χ1n) is 7.20. The van der Waals surface area contributed by atoms with Gasteiger partial charge in [-0.15, -0.1) is 0 Å². The van der Waals surface area contributed by atoms with Crippen LogP contribution >= 0.6 is 0 Å². The molecule has 1 aromatic heterocycles. The van der Waals surface area contributed by atoms with Crippen LogP contribution in [0.3, 0.4) is 0 Å². The predicted molar refractivity (Wildman–Crippen MR) is 77.3 cm³/mol. The first kappa shape index (κ1) is 14.2. The van der Waals surface area contributed by atoms with Gasteiger partial charge in [-0.2, -0.15) is 0 Å². The summed E-state index contributed by atoms with van der Waals surface area (Å²) in [5.41, 5.74) is 3.49. The second kappa shape index (κ2) is 6.82. The molecule has 0 radical (unpaired) electrons. The van der Waals surface area contributed by atoms with Crippen molar-refractivity contribution in [3.05, 3.63) is 18.1 Å². The Hall–Kier alpha value is -1.20. The minimum atomic E-state index is 0.606. The third-order valence-corrected chi connectivity index (χ3v) is 4.28. The fourth-order valence-electron chi connectivity index (χ4n) is 2.89. The van der Waals surface area contributed by atoms with Crippen LogP contribution in [0.25, 0.3) is 0 Å². The van der Waals surface area contributed by atoms with Crippen LogP contribution in [0.4, 0.5) is 5.82 Å². The molecule has 3 N–H and O–H groups in total. The molecule has 1 heterocycles. The highest BCUT2D eigenvalue weighted by molar-refractivity contribution is 5.28. The second-order valence-corrected chi connectivity index (χ2v) is 5.54. The van der Waals surface area contributed by atoms with E-state index in [1.54, 1.807) is 12.4 Å². The lowest BCUT2D eigenvalue weighted by atomic mass is 9.84. The Balaban J connectivity index is 1.84. The maximum atomic E-state index is 5.28. The zero-order chi connectivity index (χ0) is 13.7. The van der Waals surface area contributed by atoms with Gasteiger partial charge in [0.25, 0.3) is 0 Å². The molecule has 106 valence electrons. The van der Waals surface area contributed by atoms with Crippen molar-refractivity contribution >= 4 is 5.82 Å². The zero-order valence-electron chi connectivity index (χ0n) is 12.0. The predicted octanol–water partition coefficient (Wildman–Crippen LogP) is 2.16. The lowest BCUT2D eigenvalue weighted by Crippen LogP contribution is -2.34. The number of hydrogen-bond acceptors (Lipinski definition) is 5. The van der Waals surface area contributed by atoms with Crippen LogP contribution in [0.2, 0.25) is 0 Å². The molecule has 5 nitrogen and oxygen atoms in total. The van der Waals surface area contributed by atoms with Crippen LogP contribution in [0, 0.1) is 5.92 Å². The number of nitrogens with zero attached hydrogens (tertiary/aromatic N) is 3. The Kier molecular flexibility index (Phi) is 5.10. The number of nitrogens with one attached hydrogen (secondary N) is 1. The quantitative estimate of drug-likeness (QED) is 0.629. The first-order chi connectivity index (χ1) is 9.22. The molecule has 1 saturated carbocycles. The van der Waals surface area contributed by atoms with E-state index in [1.165, 1.54) is 32.1 Å². The van der Waals surface area contributed by atoms with Crippen molar-refractivity contribution in [3.8, 4) is 0 Å². The molecule has 0 saturated heterocycles. The number of rotatable bonds is 5. The summed E-state index contributed by atoms with van der Waals surface area (Å²) in [6.07, 6.45) is 10.2. The standard InChI is InChI=1S/C14H25N5/c1-3-11-4-6-13(7-5-11)19(2)10-12-8-17-14(18-15)9-16-12/h8-9,11,13H,3-7,10,15H2,1-2H3,(H,17,18). The van der Waals surface area contributed by atoms with Gasteiger partial charge in [0.1, 0.15) is 0 Å². The fourth-order valence-corrected chi connectivity index (χ4v) is 2.89. The highest BCUT2D eigenvalue weighted by Gasteiger charge is 2.23. The number of hydrazine groups is 1. The van der Waals surface area contributed by atoms with Crippen molar-refractivity contribution in [3.63, 3.8) is 0 Å². The van der Waals surface area contributed by atoms with Gasteiger partial charge in [0.05, 0.1) is 18.1 Å². The Labute approximate surface area is 115 Å². The highest BCUT2D eigenvalue weighted by Crippen LogP contribution is 2.29. The maximum absolute atomic E-state index is 5.28. The van der Waals surface area contributed by atoms with E-state index in [2.05, 4.69) is 34.3 Å². The normalized spacial score (nSPS) is 23.6. The third kappa shape index (κ3) is 3.88. The van der Waals surface area contributed by atoms with E-state index in [9.17, 15) is 0 Å². The largest absolute Gasteiger partial charge is 0.307 e. The first-order valence-corrected chi connectivity index (χ1v) is 7.20. The zero-order valence-corrected chi connectivity index (χ0v) is 12.0. The van der Waals surface area contributed by atoms with Gasteiger partial charge >= 0.3 is 0 Å². The second-order valence-electron chi connectivity index (χ2n) is 5.54. The molecule has 1 aromatic rings. The molecular weight excluding hydrogens is 238 g/mol. The van der Waals surface area contributed by atoms with E-state index in [-0.39, 0.29) is 0 Å². The van der Waals surface area contributed by atoms with E-state index >= 15 is 0 Å². The Morgan fingerprint density at radius 2 is 2.00 bits per heavy atom. The summed E-state index contributed by atoms with van der Waals surface area (Å²) in [7, 11) is 2.19.